The van der Waals surface area contributed by atoms with Crippen molar-refractivity contribution in [2.24, 2.45) is 0 Å². The summed E-state index contributed by atoms with van der Waals surface area (Å²) in [6.07, 6.45) is -0.434. The monoisotopic (exact) mass is 355 g/mol. The summed E-state index contributed by atoms with van der Waals surface area (Å²) in [5.74, 6) is 0.649. The normalized spacial score (nSPS) is 16.2. The van der Waals surface area contributed by atoms with Gasteiger partial charge in [-0.2, -0.15) is 0 Å². The molecule has 3 N–H and O–H groups in total. The minimum atomic E-state index is -0.434. The van der Waals surface area contributed by atoms with Gasteiger partial charge in [-0.05, 0) is 42.0 Å². The van der Waals surface area contributed by atoms with Gasteiger partial charge in [0.15, 0.2) is 3.95 Å². The second-order valence-electron chi connectivity index (χ2n) is 5.36. The Kier molecular flexibility index (Phi) is 3.59. The minimum Gasteiger partial charge on any atom is -0.508 e. The molecule has 2 heterocycles. The minimum absolute atomic E-state index is 0.152. The summed E-state index contributed by atoms with van der Waals surface area (Å²) in [4.78, 5) is 13.0. The van der Waals surface area contributed by atoms with Crippen LogP contribution in [0.3, 0.4) is 0 Å². The van der Waals surface area contributed by atoms with Gasteiger partial charge in [0, 0.05) is 5.69 Å². The largest absolute Gasteiger partial charge is 0.508 e. The molecule has 5 nitrogen and oxygen atoms in total. The Morgan fingerprint density at radius 3 is 2.62 bits per heavy atom. The molecule has 1 amide bonds. The van der Waals surface area contributed by atoms with Crippen molar-refractivity contribution in [2.45, 2.75) is 6.17 Å². The number of anilines is 1. The molecule has 0 bridgehead atoms. The number of aromatic nitrogens is 1. The average Bonchev–Trinajstić information content (AvgIpc) is 2.92. The van der Waals surface area contributed by atoms with E-state index in [1.165, 1.54) is 11.3 Å². The van der Waals surface area contributed by atoms with E-state index >= 15 is 0 Å². The summed E-state index contributed by atoms with van der Waals surface area (Å²) in [5.41, 5.74) is 1.67. The lowest BCUT2D eigenvalue weighted by atomic mass is 10.1. The van der Waals surface area contributed by atoms with Crippen LogP contribution in [-0.4, -0.2) is 15.6 Å². The molecule has 1 aliphatic rings. The van der Waals surface area contributed by atoms with Gasteiger partial charge in [0.1, 0.15) is 22.6 Å². The van der Waals surface area contributed by atoms with Gasteiger partial charge in [-0.1, -0.05) is 41.7 Å². The highest BCUT2D eigenvalue weighted by atomic mass is 32.1. The molecule has 7 heteroatoms. The van der Waals surface area contributed by atoms with Crippen molar-refractivity contribution in [2.75, 3.05) is 5.32 Å². The topological polar surface area (TPSA) is 66.3 Å². The van der Waals surface area contributed by atoms with E-state index in [4.69, 9.17) is 12.2 Å². The highest BCUT2D eigenvalue weighted by Gasteiger charge is 2.29. The Labute approximate surface area is 147 Å². The van der Waals surface area contributed by atoms with Crippen molar-refractivity contribution in [3.8, 4) is 11.4 Å². The lowest BCUT2D eigenvalue weighted by Gasteiger charge is -2.27. The number of nitrogens with zero attached hydrogens (tertiary/aromatic N) is 1. The number of para-hydroxylation sites is 1. The first-order chi connectivity index (χ1) is 11.6. The molecule has 0 fully saturated rings. The quantitative estimate of drug-likeness (QED) is 0.611. The highest BCUT2D eigenvalue weighted by molar-refractivity contribution is 7.73. The molecule has 0 aliphatic carbocycles. The van der Waals surface area contributed by atoms with Crippen molar-refractivity contribution in [1.82, 2.24) is 9.88 Å². The number of aromatic hydroxyl groups is 1. The number of rotatable bonds is 2. The molecule has 0 saturated carbocycles. The van der Waals surface area contributed by atoms with E-state index in [9.17, 15) is 9.90 Å². The molecule has 1 aromatic heterocycles. The van der Waals surface area contributed by atoms with Crippen LogP contribution < -0.4 is 10.6 Å². The molecule has 1 atom stereocenters. The molecular weight excluding hydrogens is 342 g/mol. The molecule has 120 valence electrons. The fourth-order valence-electron chi connectivity index (χ4n) is 2.71. The number of carbonyl (C=O) groups excluding carboxylic acids is 1. The predicted octanol–water partition coefficient (Wildman–Crippen LogP) is 3.83. The van der Waals surface area contributed by atoms with Crippen LogP contribution in [0.1, 0.15) is 21.4 Å². The van der Waals surface area contributed by atoms with Gasteiger partial charge in [-0.3, -0.25) is 9.36 Å². The van der Waals surface area contributed by atoms with Crippen molar-refractivity contribution in [3.05, 3.63) is 69.0 Å². The van der Waals surface area contributed by atoms with E-state index < -0.39 is 6.17 Å². The Bertz CT molecular complexity index is 979. The summed E-state index contributed by atoms with van der Waals surface area (Å²) in [5, 5.41) is 15.9. The number of phenolic OH excluding ortho intramolecular Hbond substituents is 1. The number of carbonyl (C=O) groups is 1. The standard InChI is InChI=1S/C17H13N3O2S2/c21-12-8-4-5-10(9-12)14-18-15-13(16(22)19-14)24-17(23)20(15)11-6-2-1-3-7-11/h1-9,14,18,21H,(H,19,22)/t14-/m1/s1. The molecule has 3 aromatic rings. The predicted molar refractivity (Wildman–Crippen MR) is 96.4 cm³/mol. The van der Waals surface area contributed by atoms with E-state index in [-0.39, 0.29) is 11.7 Å². The van der Waals surface area contributed by atoms with Crippen LogP contribution in [0.15, 0.2) is 54.6 Å². The Balaban J connectivity index is 1.82. The summed E-state index contributed by atoms with van der Waals surface area (Å²) >= 11 is 6.73. The Hall–Kier alpha value is -2.64. The zero-order valence-corrected chi connectivity index (χ0v) is 14.0. The number of thiazole rings is 1. The Morgan fingerprint density at radius 2 is 1.88 bits per heavy atom. The third-order valence-electron chi connectivity index (χ3n) is 3.79. The fourth-order valence-corrected chi connectivity index (χ4v) is 4.02. The first-order valence-electron chi connectivity index (χ1n) is 7.31. The summed E-state index contributed by atoms with van der Waals surface area (Å²) in [6, 6.07) is 16.5. The number of amides is 1. The number of nitrogens with one attached hydrogen (secondary N) is 2. The third kappa shape index (κ3) is 2.47. The van der Waals surface area contributed by atoms with Crippen LogP contribution in [0.4, 0.5) is 5.82 Å². The maximum Gasteiger partial charge on any atom is 0.267 e. The lowest BCUT2D eigenvalue weighted by Crippen LogP contribution is -2.38. The first-order valence-corrected chi connectivity index (χ1v) is 8.53. The molecule has 0 unspecified atom stereocenters. The maximum absolute atomic E-state index is 12.5. The number of benzene rings is 2. The van der Waals surface area contributed by atoms with Crippen LogP contribution in [0, 0.1) is 3.95 Å². The average molecular weight is 355 g/mol. The van der Waals surface area contributed by atoms with Crippen LogP contribution in [-0.2, 0) is 0 Å². The smallest absolute Gasteiger partial charge is 0.267 e. The summed E-state index contributed by atoms with van der Waals surface area (Å²) < 4.78 is 2.47. The number of hydrogen-bond acceptors (Lipinski definition) is 5. The lowest BCUT2D eigenvalue weighted by molar-refractivity contribution is 0.0939. The molecule has 2 aromatic carbocycles. The van der Waals surface area contributed by atoms with Crippen LogP contribution in [0.2, 0.25) is 0 Å². The highest BCUT2D eigenvalue weighted by Crippen LogP contribution is 2.34. The number of fused-ring (bicyclic) bond motifs is 1. The van der Waals surface area contributed by atoms with Gasteiger partial charge in [0.2, 0.25) is 0 Å². The SMILES string of the molecule is O=C1N[C@H](c2cccc(O)c2)Nc2c1sc(=S)n2-c1ccccc1. The first kappa shape index (κ1) is 14.9. The number of phenols is 1. The van der Waals surface area contributed by atoms with E-state index in [1.807, 2.05) is 41.0 Å². The van der Waals surface area contributed by atoms with Gasteiger partial charge in [-0.15, -0.1) is 0 Å². The molecule has 1 aliphatic heterocycles. The van der Waals surface area contributed by atoms with Crippen molar-refractivity contribution < 1.29 is 9.90 Å². The fraction of sp³-hybridized carbons (Fsp3) is 0.0588. The van der Waals surface area contributed by atoms with Gasteiger partial charge in [0.05, 0.1) is 0 Å². The summed E-state index contributed by atoms with van der Waals surface area (Å²) in [6.45, 7) is 0. The zero-order valence-electron chi connectivity index (χ0n) is 12.4. The van der Waals surface area contributed by atoms with E-state index in [2.05, 4.69) is 10.6 Å². The third-order valence-corrected chi connectivity index (χ3v) is 5.16. The van der Waals surface area contributed by atoms with Crippen molar-refractivity contribution >= 4 is 35.3 Å². The van der Waals surface area contributed by atoms with Gasteiger partial charge in [-0.25, -0.2) is 0 Å². The Morgan fingerprint density at radius 1 is 1.08 bits per heavy atom. The van der Waals surface area contributed by atoms with Gasteiger partial charge >= 0.3 is 0 Å². The number of hydrogen-bond donors (Lipinski definition) is 3. The van der Waals surface area contributed by atoms with Crippen molar-refractivity contribution in [3.63, 3.8) is 0 Å². The molecule has 0 radical (unpaired) electrons. The molecule has 4 rings (SSSR count). The zero-order chi connectivity index (χ0) is 16.7. The van der Waals surface area contributed by atoms with E-state index in [0.717, 1.165) is 11.3 Å². The molecule has 0 saturated heterocycles. The summed E-state index contributed by atoms with van der Waals surface area (Å²) in [7, 11) is 0. The second kappa shape index (κ2) is 5.77. The second-order valence-corrected chi connectivity index (χ2v) is 7.01. The van der Waals surface area contributed by atoms with Gasteiger partial charge in [0.25, 0.3) is 5.91 Å². The molecule has 0 spiro atoms. The molecule has 24 heavy (non-hydrogen) atoms. The van der Waals surface area contributed by atoms with Crippen LogP contribution in [0.5, 0.6) is 5.75 Å². The molecular formula is C17H13N3O2S2. The van der Waals surface area contributed by atoms with Crippen LogP contribution in [0.25, 0.3) is 5.69 Å². The van der Waals surface area contributed by atoms with E-state index in [0.29, 0.717) is 14.6 Å². The van der Waals surface area contributed by atoms with E-state index in [1.54, 1.807) is 18.2 Å². The maximum atomic E-state index is 12.5. The van der Waals surface area contributed by atoms with Crippen molar-refractivity contribution in [1.29, 1.82) is 0 Å². The van der Waals surface area contributed by atoms with Crippen LogP contribution >= 0.6 is 23.6 Å². The van der Waals surface area contributed by atoms with Gasteiger partial charge < -0.3 is 15.7 Å².